The fraction of sp³-hybridized carbons (Fsp3) is 0.947. The first-order chi connectivity index (χ1) is 12.4. The summed E-state index contributed by atoms with van der Waals surface area (Å²) in [4.78, 5) is 16.8. The fourth-order valence-electron chi connectivity index (χ4n) is 4.68. The first-order valence-corrected chi connectivity index (χ1v) is 10.1. The van der Waals surface area contributed by atoms with Crippen LogP contribution in [0.2, 0.25) is 0 Å². The number of likely N-dealkylation sites (tertiary alicyclic amines) is 1. The summed E-state index contributed by atoms with van der Waals surface area (Å²) in [6, 6.07) is 0. The molecular weight excluding hydrogens is 345 g/mol. The zero-order chi connectivity index (χ0) is 18.6. The number of carbonyl (C=O) groups excluding carboxylic acids is 1. The lowest BCUT2D eigenvalue weighted by Crippen LogP contribution is -2.47. The highest BCUT2D eigenvalue weighted by Gasteiger charge is 2.49. The van der Waals surface area contributed by atoms with E-state index in [9.17, 15) is 18.0 Å². The zero-order valence-electron chi connectivity index (χ0n) is 15.5. The van der Waals surface area contributed by atoms with Gasteiger partial charge in [-0.2, -0.15) is 13.2 Å². The van der Waals surface area contributed by atoms with Gasteiger partial charge < -0.3 is 9.64 Å². The van der Waals surface area contributed by atoms with Crippen molar-refractivity contribution >= 4 is 5.91 Å². The summed E-state index contributed by atoms with van der Waals surface area (Å²) in [7, 11) is 0. The molecule has 3 aliphatic rings. The first kappa shape index (κ1) is 19.9. The van der Waals surface area contributed by atoms with Crippen molar-refractivity contribution in [2.45, 2.75) is 51.1 Å². The molecule has 1 saturated carbocycles. The van der Waals surface area contributed by atoms with Gasteiger partial charge in [-0.05, 0) is 44.6 Å². The van der Waals surface area contributed by atoms with Crippen LogP contribution in [-0.2, 0) is 9.53 Å². The van der Waals surface area contributed by atoms with Crippen molar-refractivity contribution in [3.8, 4) is 0 Å². The van der Waals surface area contributed by atoms with Crippen LogP contribution in [0.3, 0.4) is 0 Å². The Balaban J connectivity index is 1.45. The molecule has 4 nitrogen and oxygen atoms in total. The summed E-state index contributed by atoms with van der Waals surface area (Å²) < 4.78 is 45.2. The highest BCUT2D eigenvalue weighted by Crippen LogP contribution is 2.42. The van der Waals surface area contributed by atoms with E-state index in [1.807, 2.05) is 0 Å². The van der Waals surface area contributed by atoms with Gasteiger partial charge in [0.05, 0.1) is 19.1 Å². The van der Waals surface area contributed by atoms with Crippen LogP contribution in [0.15, 0.2) is 0 Å². The SMILES string of the molecule is O=C([C@@H]1CCCC[C@H]1C(F)(F)F)N1CCC(CCN2CCOCC2)CC1. The summed E-state index contributed by atoms with van der Waals surface area (Å²) in [6.07, 6.45) is 0.499. The highest BCUT2D eigenvalue weighted by molar-refractivity contribution is 5.79. The number of amides is 1. The summed E-state index contributed by atoms with van der Waals surface area (Å²) in [5.41, 5.74) is 0. The molecule has 2 atom stereocenters. The molecule has 26 heavy (non-hydrogen) atoms. The van der Waals surface area contributed by atoms with E-state index in [0.29, 0.717) is 31.8 Å². The minimum atomic E-state index is -4.25. The van der Waals surface area contributed by atoms with Crippen molar-refractivity contribution in [2.24, 2.45) is 17.8 Å². The van der Waals surface area contributed by atoms with Crippen molar-refractivity contribution in [1.82, 2.24) is 9.80 Å². The van der Waals surface area contributed by atoms with Crippen molar-refractivity contribution in [1.29, 1.82) is 0 Å². The van der Waals surface area contributed by atoms with Crippen molar-refractivity contribution in [3.05, 3.63) is 0 Å². The minimum absolute atomic E-state index is 0.107. The number of hydrogen-bond acceptors (Lipinski definition) is 3. The maximum Gasteiger partial charge on any atom is 0.392 e. The van der Waals surface area contributed by atoms with Crippen LogP contribution in [0.1, 0.15) is 44.9 Å². The van der Waals surface area contributed by atoms with Gasteiger partial charge in [-0.3, -0.25) is 9.69 Å². The van der Waals surface area contributed by atoms with Crippen molar-refractivity contribution in [3.63, 3.8) is 0 Å². The van der Waals surface area contributed by atoms with Crippen LogP contribution in [0.5, 0.6) is 0 Å². The third-order valence-corrected chi connectivity index (χ3v) is 6.39. The number of ether oxygens (including phenoxy) is 1. The summed E-state index contributed by atoms with van der Waals surface area (Å²) >= 11 is 0. The van der Waals surface area contributed by atoms with Crippen LogP contribution in [0, 0.1) is 17.8 Å². The zero-order valence-corrected chi connectivity index (χ0v) is 15.5. The predicted octanol–water partition coefficient (Wildman–Crippen LogP) is 3.32. The number of carbonyl (C=O) groups is 1. The average Bonchev–Trinajstić information content (AvgIpc) is 2.66. The van der Waals surface area contributed by atoms with E-state index in [-0.39, 0.29) is 12.3 Å². The molecule has 0 aromatic rings. The average molecular weight is 376 g/mol. The number of morpholine rings is 1. The standard InChI is InChI=1S/C19H31F3N2O2/c20-19(21,22)17-4-2-1-3-16(17)18(25)24-9-6-15(7-10-24)5-8-23-11-13-26-14-12-23/h15-17H,1-14H2/t16-,17-/m1/s1. The van der Waals surface area contributed by atoms with Crippen LogP contribution < -0.4 is 0 Å². The lowest BCUT2D eigenvalue weighted by Gasteiger charge is -2.39. The third-order valence-electron chi connectivity index (χ3n) is 6.39. The molecular formula is C19H31F3N2O2. The lowest BCUT2D eigenvalue weighted by atomic mass is 9.77. The Hall–Kier alpha value is -0.820. The normalized spacial score (nSPS) is 29.7. The molecule has 2 aliphatic heterocycles. The lowest BCUT2D eigenvalue weighted by molar-refractivity contribution is -0.201. The Morgan fingerprint density at radius 3 is 2.27 bits per heavy atom. The number of alkyl halides is 3. The van der Waals surface area contributed by atoms with Crippen LogP contribution >= 0.6 is 0 Å². The molecule has 3 rings (SSSR count). The van der Waals surface area contributed by atoms with Gasteiger partial charge in [-0.25, -0.2) is 0 Å². The highest BCUT2D eigenvalue weighted by atomic mass is 19.4. The van der Waals surface area contributed by atoms with Gasteiger partial charge in [0.2, 0.25) is 5.91 Å². The van der Waals surface area contributed by atoms with Crippen molar-refractivity contribution < 1.29 is 22.7 Å². The first-order valence-electron chi connectivity index (χ1n) is 10.1. The van der Waals surface area contributed by atoms with Crippen molar-refractivity contribution in [2.75, 3.05) is 45.9 Å². The topological polar surface area (TPSA) is 32.8 Å². The maximum atomic E-state index is 13.3. The summed E-state index contributed by atoms with van der Waals surface area (Å²) in [5, 5.41) is 0. The van der Waals surface area contributed by atoms with Crippen LogP contribution in [0.4, 0.5) is 13.2 Å². The van der Waals surface area contributed by atoms with Gasteiger partial charge in [0.1, 0.15) is 0 Å². The number of rotatable bonds is 4. The Kier molecular flexibility index (Phi) is 6.83. The molecule has 0 bridgehead atoms. The predicted molar refractivity (Wildman–Crippen MR) is 92.7 cm³/mol. The Bertz CT molecular complexity index is 458. The number of nitrogens with zero attached hydrogens (tertiary/aromatic N) is 2. The molecule has 0 spiro atoms. The van der Waals surface area contributed by atoms with E-state index in [4.69, 9.17) is 4.74 Å². The number of hydrogen-bond donors (Lipinski definition) is 0. The molecule has 0 radical (unpaired) electrons. The van der Waals surface area contributed by atoms with E-state index < -0.39 is 18.0 Å². The summed E-state index contributed by atoms with van der Waals surface area (Å²) in [6.45, 7) is 5.86. The van der Waals surface area contributed by atoms with E-state index in [0.717, 1.165) is 58.5 Å². The van der Waals surface area contributed by atoms with Crippen LogP contribution in [0.25, 0.3) is 0 Å². The Morgan fingerprint density at radius 2 is 1.62 bits per heavy atom. The number of halogens is 3. The molecule has 2 heterocycles. The molecule has 0 aromatic heterocycles. The maximum absolute atomic E-state index is 13.3. The Labute approximate surface area is 154 Å². The van der Waals surface area contributed by atoms with E-state index in [2.05, 4.69) is 4.90 Å². The molecule has 2 saturated heterocycles. The van der Waals surface area contributed by atoms with Gasteiger partial charge >= 0.3 is 6.18 Å². The molecule has 3 fully saturated rings. The monoisotopic (exact) mass is 376 g/mol. The van der Waals surface area contributed by atoms with Gasteiger partial charge in [-0.1, -0.05) is 12.8 Å². The third kappa shape index (κ3) is 5.12. The second-order valence-corrected chi connectivity index (χ2v) is 8.05. The molecule has 0 N–H and O–H groups in total. The van der Waals surface area contributed by atoms with Gasteiger partial charge in [0, 0.05) is 32.1 Å². The smallest absolute Gasteiger partial charge is 0.379 e. The van der Waals surface area contributed by atoms with E-state index in [1.165, 1.54) is 0 Å². The second kappa shape index (κ2) is 8.91. The quantitative estimate of drug-likeness (QED) is 0.755. The molecule has 150 valence electrons. The second-order valence-electron chi connectivity index (χ2n) is 8.05. The Morgan fingerprint density at radius 1 is 0.962 bits per heavy atom. The van der Waals surface area contributed by atoms with Gasteiger partial charge in [-0.15, -0.1) is 0 Å². The van der Waals surface area contributed by atoms with Gasteiger partial charge in [0.15, 0.2) is 0 Å². The van der Waals surface area contributed by atoms with E-state index >= 15 is 0 Å². The summed E-state index contributed by atoms with van der Waals surface area (Å²) in [5.74, 6) is -1.97. The van der Waals surface area contributed by atoms with Gasteiger partial charge in [0.25, 0.3) is 0 Å². The molecule has 7 heteroatoms. The van der Waals surface area contributed by atoms with Crippen LogP contribution in [-0.4, -0.2) is 67.8 Å². The van der Waals surface area contributed by atoms with E-state index in [1.54, 1.807) is 4.90 Å². The largest absolute Gasteiger partial charge is 0.392 e. The number of piperidine rings is 1. The fourth-order valence-corrected chi connectivity index (χ4v) is 4.68. The molecule has 1 aliphatic carbocycles. The molecule has 0 unspecified atom stereocenters. The molecule has 1 amide bonds. The minimum Gasteiger partial charge on any atom is -0.379 e. The molecule has 0 aromatic carbocycles.